The molecule has 0 saturated heterocycles. The number of hydrogen-bond donors (Lipinski definition) is 3. The summed E-state index contributed by atoms with van der Waals surface area (Å²) in [6.07, 6.45) is 4.67. The Morgan fingerprint density at radius 2 is 2.15 bits per heavy atom. The molecule has 1 amide bonds. The van der Waals surface area contributed by atoms with Gasteiger partial charge < -0.3 is 16.3 Å². The third-order valence-corrected chi connectivity index (χ3v) is 3.39. The third kappa shape index (κ3) is 5.21. The first-order valence-electron chi connectivity index (χ1n) is 6.65. The molecule has 0 bridgehead atoms. The van der Waals surface area contributed by atoms with Crippen LogP contribution in [0.4, 0.5) is 5.69 Å². The van der Waals surface area contributed by atoms with Gasteiger partial charge in [-0.3, -0.25) is 4.79 Å². The number of halogens is 1. The fourth-order valence-corrected chi connectivity index (χ4v) is 2.18. The first-order valence-corrected chi connectivity index (χ1v) is 7.45. The summed E-state index contributed by atoms with van der Waals surface area (Å²) in [7, 11) is 0. The summed E-state index contributed by atoms with van der Waals surface area (Å²) in [5, 5.41) is 14.5. The average Bonchev–Trinajstić information content (AvgIpc) is 2.43. The molecule has 0 fully saturated rings. The van der Waals surface area contributed by atoms with Gasteiger partial charge in [0.2, 0.25) is 5.91 Å². The monoisotopic (exact) mass is 341 g/mol. The Labute approximate surface area is 127 Å². The van der Waals surface area contributed by atoms with Crippen LogP contribution in [0.2, 0.25) is 0 Å². The maximum Gasteiger partial charge on any atom is 0.224 e. The molecule has 0 atom stereocenters. The largest absolute Gasteiger partial charge is 0.409 e. The maximum atomic E-state index is 11.9. The highest BCUT2D eigenvalue weighted by molar-refractivity contribution is 9.10. The molecule has 5 nitrogen and oxygen atoms in total. The molecule has 4 N–H and O–H groups in total. The smallest absolute Gasteiger partial charge is 0.224 e. The molecule has 110 valence electrons. The van der Waals surface area contributed by atoms with Gasteiger partial charge in [0.25, 0.3) is 0 Å². The number of unbranched alkanes of at least 4 members (excludes halogenated alkanes) is 3. The van der Waals surface area contributed by atoms with Gasteiger partial charge in [-0.15, -0.1) is 0 Å². The minimum absolute atomic E-state index is 0.0289. The lowest BCUT2D eigenvalue weighted by Crippen LogP contribution is -2.19. The van der Waals surface area contributed by atoms with Gasteiger partial charge in [-0.25, -0.2) is 0 Å². The Kier molecular flexibility index (Phi) is 7.08. The van der Waals surface area contributed by atoms with E-state index in [1.165, 1.54) is 0 Å². The van der Waals surface area contributed by atoms with Gasteiger partial charge in [-0.2, -0.15) is 0 Å². The van der Waals surface area contributed by atoms with Crippen molar-refractivity contribution in [1.29, 1.82) is 0 Å². The molecule has 1 rings (SSSR count). The number of nitrogens with zero attached hydrogens (tertiary/aromatic N) is 1. The van der Waals surface area contributed by atoms with Crippen LogP contribution in [0, 0.1) is 0 Å². The number of oxime groups is 1. The lowest BCUT2D eigenvalue weighted by molar-refractivity contribution is -0.116. The van der Waals surface area contributed by atoms with Crippen molar-refractivity contribution in [2.24, 2.45) is 10.9 Å². The predicted octanol–water partition coefficient (Wildman–Crippen LogP) is 3.45. The van der Waals surface area contributed by atoms with E-state index in [0.717, 1.165) is 30.2 Å². The van der Waals surface area contributed by atoms with Gasteiger partial charge in [0.1, 0.15) is 0 Å². The Bertz CT molecular complexity index is 489. The third-order valence-electron chi connectivity index (χ3n) is 2.90. The van der Waals surface area contributed by atoms with Crippen molar-refractivity contribution in [3.05, 3.63) is 28.2 Å². The number of carbonyl (C=O) groups is 1. The van der Waals surface area contributed by atoms with E-state index < -0.39 is 0 Å². The number of amides is 1. The molecule has 0 unspecified atom stereocenters. The van der Waals surface area contributed by atoms with E-state index in [4.69, 9.17) is 10.9 Å². The van der Waals surface area contributed by atoms with E-state index >= 15 is 0 Å². The zero-order valence-corrected chi connectivity index (χ0v) is 13.1. The van der Waals surface area contributed by atoms with Gasteiger partial charge in [0.05, 0.1) is 5.69 Å². The highest BCUT2D eigenvalue weighted by Crippen LogP contribution is 2.22. The first kappa shape index (κ1) is 16.5. The van der Waals surface area contributed by atoms with Crippen LogP contribution in [0.1, 0.15) is 44.6 Å². The minimum atomic E-state index is -0.0637. The van der Waals surface area contributed by atoms with Gasteiger partial charge in [0.15, 0.2) is 5.84 Å². The van der Waals surface area contributed by atoms with E-state index in [1.807, 2.05) is 0 Å². The average molecular weight is 342 g/mol. The second kappa shape index (κ2) is 8.58. The molecule has 0 radical (unpaired) electrons. The summed E-state index contributed by atoms with van der Waals surface area (Å²) in [6, 6.07) is 5.19. The fraction of sp³-hybridized carbons (Fsp3) is 0.429. The molecule has 20 heavy (non-hydrogen) atoms. The van der Waals surface area contributed by atoms with E-state index in [-0.39, 0.29) is 11.7 Å². The van der Waals surface area contributed by atoms with Crippen LogP contribution in [-0.4, -0.2) is 17.0 Å². The van der Waals surface area contributed by atoms with Gasteiger partial charge in [0, 0.05) is 16.5 Å². The quantitative estimate of drug-likeness (QED) is 0.233. The van der Waals surface area contributed by atoms with Crippen molar-refractivity contribution < 1.29 is 10.0 Å². The molecule has 0 heterocycles. The van der Waals surface area contributed by atoms with Crippen LogP contribution in [0.25, 0.3) is 0 Å². The molecule has 1 aromatic carbocycles. The fourth-order valence-electron chi connectivity index (χ4n) is 1.82. The number of carbonyl (C=O) groups excluding carboxylic acids is 1. The molecule has 0 aliphatic rings. The van der Waals surface area contributed by atoms with Gasteiger partial charge in [-0.1, -0.05) is 47.3 Å². The van der Waals surface area contributed by atoms with Crippen molar-refractivity contribution >= 4 is 33.4 Å². The lowest BCUT2D eigenvalue weighted by Gasteiger charge is -2.10. The Hall–Kier alpha value is -1.56. The summed E-state index contributed by atoms with van der Waals surface area (Å²) in [5.41, 5.74) is 6.63. The molecule has 0 aliphatic heterocycles. The van der Waals surface area contributed by atoms with E-state index in [0.29, 0.717) is 17.7 Å². The number of benzene rings is 1. The van der Waals surface area contributed by atoms with Gasteiger partial charge >= 0.3 is 0 Å². The first-order chi connectivity index (χ1) is 9.58. The summed E-state index contributed by atoms with van der Waals surface area (Å²) in [4.78, 5) is 11.9. The van der Waals surface area contributed by atoms with Crippen molar-refractivity contribution in [2.75, 3.05) is 5.32 Å². The second-order valence-corrected chi connectivity index (χ2v) is 5.45. The van der Waals surface area contributed by atoms with Crippen molar-refractivity contribution in [3.8, 4) is 0 Å². The Morgan fingerprint density at radius 3 is 2.80 bits per heavy atom. The number of hydrogen-bond acceptors (Lipinski definition) is 3. The number of anilines is 1. The highest BCUT2D eigenvalue weighted by Gasteiger charge is 2.10. The topological polar surface area (TPSA) is 87.7 Å². The van der Waals surface area contributed by atoms with Crippen LogP contribution in [0.3, 0.4) is 0 Å². The zero-order valence-electron chi connectivity index (χ0n) is 11.5. The Morgan fingerprint density at radius 1 is 1.40 bits per heavy atom. The zero-order chi connectivity index (χ0) is 15.0. The number of nitrogens with two attached hydrogens (primary N) is 1. The lowest BCUT2D eigenvalue weighted by atomic mass is 10.1. The second-order valence-electron chi connectivity index (χ2n) is 4.53. The van der Waals surface area contributed by atoms with Crippen LogP contribution >= 0.6 is 15.9 Å². The molecule has 0 spiro atoms. The van der Waals surface area contributed by atoms with Crippen molar-refractivity contribution in [1.82, 2.24) is 0 Å². The molecule has 1 aromatic rings. The van der Waals surface area contributed by atoms with Crippen molar-refractivity contribution in [2.45, 2.75) is 39.0 Å². The molecule has 0 saturated carbocycles. The predicted molar refractivity (Wildman–Crippen MR) is 84.0 cm³/mol. The molecular weight excluding hydrogens is 322 g/mol. The van der Waals surface area contributed by atoms with Crippen LogP contribution < -0.4 is 11.1 Å². The number of amidine groups is 1. The minimum Gasteiger partial charge on any atom is -0.409 e. The molecule has 0 aromatic heterocycles. The summed E-state index contributed by atoms with van der Waals surface area (Å²) >= 11 is 3.34. The Balaban J connectivity index is 2.70. The standard InChI is InChI=1S/C14H20BrN3O2/c1-2-3-4-5-6-13(19)17-12-9-10(15)7-8-11(12)14(16)18-20/h7-9,20H,2-6H2,1H3,(H2,16,18)(H,17,19). The van der Waals surface area contributed by atoms with Crippen LogP contribution in [0.15, 0.2) is 27.8 Å². The van der Waals surface area contributed by atoms with E-state index in [1.54, 1.807) is 18.2 Å². The van der Waals surface area contributed by atoms with Crippen LogP contribution in [-0.2, 0) is 4.79 Å². The van der Waals surface area contributed by atoms with Gasteiger partial charge in [-0.05, 0) is 24.6 Å². The molecule has 6 heteroatoms. The highest BCUT2D eigenvalue weighted by atomic mass is 79.9. The summed E-state index contributed by atoms with van der Waals surface area (Å²) in [6.45, 7) is 2.13. The van der Waals surface area contributed by atoms with E-state index in [9.17, 15) is 4.79 Å². The SMILES string of the molecule is CCCCCCC(=O)Nc1cc(Br)ccc1/C(N)=N/O. The van der Waals surface area contributed by atoms with E-state index in [2.05, 4.69) is 33.3 Å². The summed E-state index contributed by atoms with van der Waals surface area (Å²) in [5.74, 6) is -0.0926. The number of rotatable bonds is 7. The van der Waals surface area contributed by atoms with Crippen molar-refractivity contribution in [3.63, 3.8) is 0 Å². The maximum absolute atomic E-state index is 11.9. The number of nitrogens with one attached hydrogen (secondary N) is 1. The van der Waals surface area contributed by atoms with Crippen LogP contribution in [0.5, 0.6) is 0 Å². The molecular formula is C14H20BrN3O2. The summed E-state index contributed by atoms with van der Waals surface area (Å²) < 4.78 is 0.813. The molecule has 0 aliphatic carbocycles. The normalized spacial score (nSPS) is 11.4.